The molecule has 0 aliphatic carbocycles. The van der Waals surface area contributed by atoms with E-state index in [-0.39, 0.29) is 4.88 Å². The fourth-order valence-corrected chi connectivity index (χ4v) is 3.92. The van der Waals surface area contributed by atoms with Gasteiger partial charge in [0.2, 0.25) is 0 Å². The van der Waals surface area contributed by atoms with Crippen LogP contribution in [0.4, 0.5) is 10.1 Å². The van der Waals surface area contributed by atoms with E-state index in [0.29, 0.717) is 27.3 Å². The summed E-state index contributed by atoms with van der Waals surface area (Å²) in [5, 5.41) is 28.1. The van der Waals surface area contributed by atoms with Crippen LogP contribution in [0.1, 0.15) is 40.1 Å². The topological polar surface area (TPSA) is 88.1 Å². The first-order chi connectivity index (χ1) is 12.0. The van der Waals surface area contributed by atoms with Crippen LogP contribution in [0.15, 0.2) is 18.2 Å². The summed E-state index contributed by atoms with van der Waals surface area (Å²) in [6, 6.07) is 8.58. The van der Waals surface area contributed by atoms with E-state index in [2.05, 4.69) is 12.1 Å². The number of thiophene rings is 1. The summed E-state index contributed by atoms with van der Waals surface area (Å²) >= 11 is 0.794. The normalized spacial score (nSPS) is 14.0. The van der Waals surface area contributed by atoms with Crippen LogP contribution in [0.25, 0.3) is 10.4 Å². The molecule has 0 spiro atoms. The number of hydrogen-bond donors (Lipinski definition) is 1. The Balaban J connectivity index is 2.12. The molecule has 126 valence electrons. The van der Waals surface area contributed by atoms with E-state index in [1.165, 1.54) is 0 Å². The molecule has 1 aromatic heterocycles. The van der Waals surface area contributed by atoms with Crippen LogP contribution in [0.5, 0.6) is 0 Å². The Hall–Kier alpha value is -2.90. The van der Waals surface area contributed by atoms with Crippen molar-refractivity contribution in [3.05, 3.63) is 40.0 Å². The summed E-state index contributed by atoms with van der Waals surface area (Å²) < 4.78 is 13.8. The lowest BCUT2D eigenvalue weighted by molar-refractivity contribution is 0.0697. The minimum atomic E-state index is -1.33. The van der Waals surface area contributed by atoms with E-state index in [4.69, 9.17) is 5.11 Å². The molecule has 1 aliphatic heterocycles. The Bertz CT molecular complexity index is 882. The van der Waals surface area contributed by atoms with Gasteiger partial charge in [-0.25, -0.2) is 9.18 Å². The fourth-order valence-electron chi connectivity index (χ4n) is 3.06. The third kappa shape index (κ3) is 3.19. The number of benzene rings is 1. The zero-order valence-corrected chi connectivity index (χ0v) is 14.1. The van der Waals surface area contributed by atoms with Gasteiger partial charge >= 0.3 is 5.97 Å². The molecule has 2 heterocycles. The molecule has 1 aliphatic rings. The van der Waals surface area contributed by atoms with Crippen molar-refractivity contribution in [1.82, 2.24) is 0 Å². The summed E-state index contributed by atoms with van der Waals surface area (Å²) in [5.41, 5.74) is 1.79. The van der Waals surface area contributed by atoms with Crippen molar-refractivity contribution in [2.24, 2.45) is 0 Å². The van der Waals surface area contributed by atoms with Gasteiger partial charge in [-0.2, -0.15) is 10.5 Å². The van der Waals surface area contributed by atoms with E-state index < -0.39 is 11.8 Å². The van der Waals surface area contributed by atoms with Gasteiger partial charge in [0, 0.05) is 18.0 Å². The maximum atomic E-state index is 13.8. The zero-order chi connectivity index (χ0) is 18.0. The number of nitrogens with zero attached hydrogens (tertiary/aromatic N) is 3. The lowest BCUT2D eigenvalue weighted by Crippen LogP contribution is -2.30. The average molecular weight is 355 g/mol. The molecule has 0 saturated carbocycles. The van der Waals surface area contributed by atoms with Crippen LogP contribution >= 0.6 is 11.3 Å². The second-order valence-electron chi connectivity index (χ2n) is 5.78. The highest BCUT2D eigenvalue weighted by molar-refractivity contribution is 7.17. The van der Waals surface area contributed by atoms with Crippen LogP contribution in [-0.2, 0) is 0 Å². The van der Waals surface area contributed by atoms with Crippen molar-refractivity contribution >= 4 is 23.0 Å². The number of carbonyl (C=O) groups is 1. The van der Waals surface area contributed by atoms with Crippen molar-refractivity contribution in [2.75, 3.05) is 18.0 Å². The molecule has 0 unspecified atom stereocenters. The van der Waals surface area contributed by atoms with Crippen LogP contribution in [0.3, 0.4) is 0 Å². The van der Waals surface area contributed by atoms with Crippen molar-refractivity contribution in [3.63, 3.8) is 0 Å². The molecule has 1 saturated heterocycles. The van der Waals surface area contributed by atoms with Gasteiger partial charge in [0.05, 0.1) is 16.8 Å². The highest BCUT2D eigenvalue weighted by Gasteiger charge is 2.22. The van der Waals surface area contributed by atoms with Gasteiger partial charge in [-0.1, -0.05) is 0 Å². The molecular formula is C18H14FN3O2S. The largest absolute Gasteiger partial charge is 0.477 e. The number of nitriles is 2. The second-order valence-corrected chi connectivity index (χ2v) is 6.84. The van der Waals surface area contributed by atoms with E-state index in [1.807, 2.05) is 4.90 Å². The Morgan fingerprint density at radius 2 is 1.72 bits per heavy atom. The Kier molecular flexibility index (Phi) is 4.69. The Morgan fingerprint density at radius 3 is 2.20 bits per heavy atom. The third-order valence-electron chi connectivity index (χ3n) is 4.19. The van der Waals surface area contributed by atoms with Crippen molar-refractivity contribution in [1.29, 1.82) is 10.5 Å². The minimum absolute atomic E-state index is 0.349. The molecule has 7 heteroatoms. The molecule has 0 radical (unpaired) electrons. The van der Waals surface area contributed by atoms with E-state index in [9.17, 15) is 19.7 Å². The predicted octanol–water partition coefficient (Wildman–Crippen LogP) is 3.99. The summed E-state index contributed by atoms with van der Waals surface area (Å²) in [5.74, 6) is -2.15. The van der Waals surface area contributed by atoms with E-state index in [1.54, 1.807) is 12.1 Å². The number of aromatic carboxylic acids is 1. The Labute approximate surface area is 148 Å². The van der Waals surface area contributed by atoms with Gasteiger partial charge < -0.3 is 10.0 Å². The van der Waals surface area contributed by atoms with E-state index in [0.717, 1.165) is 49.8 Å². The molecule has 1 aromatic carbocycles. The number of hydrogen-bond acceptors (Lipinski definition) is 5. The molecule has 2 aromatic rings. The Morgan fingerprint density at radius 1 is 1.12 bits per heavy atom. The number of rotatable bonds is 3. The van der Waals surface area contributed by atoms with Crippen LogP contribution in [0.2, 0.25) is 0 Å². The van der Waals surface area contributed by atoms with Gasteiger partial charge in [-0.05, 0) is 43.0 Å². The average Bonchev–Trinajstić information content (AvgIpc) is 3.03. The number of halogens is 1. The number of carboxylic acid groups (broad SMARTS) is 1. The standard InChI is InChI=1S/C18H14FN3O2S/c19-14-8-15(25-17(14)18(23)24)11-6-12(9-20)16(13(7-11)10-21)22-4-2-1-3-5-22/h6-8H,1-5H2,(H,23,24). The van der Waals surface area contributed by atoms with Crippen LogP contribution in [-0.4, -0.2) is 24.2 Å². The molecule has 0 atom stereocenters. The van der Waals surface area contributed by atoms with Gasteiger partial charge in [-0.3, -0.25) is 0 Å². The highest BCUT2D eigenvalue weighted by Crippen LogP contribution is 2.36. The maximum absolute atomic E-state index is 13.8. The summed E-state index contributed by atoms with van der Waals surface area (Å²) in [7, 11) is 0. The molecule has 0 amide bonds. The zero-order valence-electron chi connectivity index (χ0n) is 13.3. The first-order valence-corrected chi connectivity index (χ1v) is 8.63. The summed E-state index contributed by atoms with van der Waals surface area (Å²) in [6.07, 6.45) is 3.15. The molecule has 5 nitrogen and oxygen atoms in total. The molecule has 25 heavy (non-hydrogen) atoms. The SMILES string of the molecule is N#Cc1cc(-c2cc(F)c(C(=O)O)s2)cc(C#N)c1N1CCCCC1. The first kappa shape index (κ1) is 16.9. The minimum Gasteiger partial charge on any atom is -0.477 e. The predicted molar refractivity (Wildman–Crippen MR) is 92.2 cm³/mol. The summed E-state index contributed by atoms with van der Waals surface area (Å²) in [6.45, 7) is 1.58. The van der Waals surface area contributed by atoms with Gasteiger partial charge in [-0.15, -0.1) is 11.3 Å². The lowest BCUT2D eigenvalue weighted by Gasteiger charge is -2.30. The van der Waals surface area contributed by atoms with Gasteiger partial charge in [0.1, 0.15) is 22.8 Å². The maximum Gasteiger partial charge on any atom is 0.348 e. The van der Waals surface area contributed by atoms with Crippen molar-refractivity contribution < 1.29 is 14.3 Å². The molecule has 0 bridgehead atoms. The number of anilines is 1. The van der Waals surface area contributed by atoms with Crippen LogP contribution in [0, 0.1) is 28.5 Å². The van der Waals surface area contributed by atoms with Gasteiger partial charge in [0.15, 0.2) is 0 Å². The number of piperidine rings is 1. The smallest absolute Gasteiger partial charge is 0.348 e. The fraction of sp³-hybridized carbons (Fsp3) is 0.278. The molecular weight excluding hydrogens is 341 g/mol. The lowest BCUT2D eigenvalue weighted by atomic mass is 10.00. The third-order valence-corrected chi connectivity index (χ3v) is 5.34. The van der Waals surface area contributed by atoms with E-state index >= 15 is 0 Å². The second kappa shape index (κ2) is 6.92. The van der Waals surface area contributed by atoms with Crippen LogP contribution < -0.4 is 4.90 Å². The van der Waals surface area contributed by atoms with Gasteiger partial charge in [0.25, 0.3) is 0 Å². The first-order valence-electron chi connectivity index (χ1n) is 7.81. The van der Waals surface area contributed by atoms with Crippen molar-refractivity contribution in [2.45, 2.75) is 19.3 Å². The molecule has 1 fully saturated rings. The molecule has 3 rings (SSSR count). The summed E-state index contributed by atoms with van der Waals surface area (Å²) in [4.78, 5) is 13.1. The number of carboxylic acids is 1. The highest BCUT2D eigenvalue weighted by atomic mass is 32.1. The van der Waals surface area contributed by atoms with Crippen molar-refractivity contribution in [3.8, 4) is 22.6 Å². The monoisotopic (exact) mass is 355 g/mol. The molecule has 1 N–H and O–H groups in total. The quantitative estimate of drug-likeness (QED) is 0.899.